The lowest BCUT2D eigenvalue weighted by atomic mass is 10.1. The molecule has 0 aliphatic carbocycles. The van der Waals surface area contributed by atoms with Crippen molar-refractivity contribution >= 4 is 5.91 Å². The predicted octanol–water partition coefficient (Wildman–Crippen LogP) is 0.670. The molecule has 1 fully saturated rings. The van der Waals surface area contributed by atoms with Gasteiger partial charge in [0.15, 0.2) is 0 Å². The van der Waals surface area contributed by atoms with Crippen LogP contribution in [0, 0.1) is 0 Å². The lowest BCUT2D eigenvalue weighted by Crippen LogP contribution is -2.44. The normalized spacial score (nSPS) is 18.9. The van der Waals surface area contributed by atoms with Crippen LogP contribution in [0.2, 0.25) is 0 Å². The van der Waals surface area contributed by atoms with Crippen LogP contribution in [-0.4, -0.2) is 37.2 Å². The summed E-state index contributed by atoms with van der Waals surface area (Å²) < 4.78 is 5.40. The molecule has 0 radical (unpaired) electrons. The van der Waals surface area contributed by atoms with Gasteiger partial charge in [-0.1, -0.05) is 0 Å². The van der Waals surface area contributed by atoms with Crippen LogP contribution in [0.15, 0.2) is 0 Å². The number of ether oxygens (including phenoxy) is 1. The monoisotopic (exact) mass is 214 g/mol. The van der Waals surface area contributed by atoms with Crippen LogP contribution in [0.5, 0.6) is 0 Å². The number of nitrogens with one attached hydrogen (secondary N) is 2. The molecule has 0 bridgehead atoms. The maximum atomic E-state index is 11.5. The SMILES string of the molecule is CC(C)(C)OCC(=O)NC1CCNCC1. The molecule has 0 aromatic rings. The zero-order valence-electron chi connectivity index (χ0n) is 9.93. The molecular weight excluding hydrogens is 192 g/mol. The first-order valence-electron chi connectivity index (χ1n) is 5.61. The second-order valence-electron chi connectivity index (χ2n) is 4.99. The van der Waals surface area contributed by atoms with E-state index in [9.17, 15) is 4.79 Å². The summed E-state index contributed by atoms with van der Waals surface area (Å²) in [5, 5.41) is 6.25. The Bertz CT molecular complexity index is 205. The van der Waals surface area contributed by atoms with Crippen LogP contribution < -0.4 is 10.6 Å². The highest BCUT2D eigenvalue weighted by Gasteiger charge is 2.17. The summed E-state index contributed by atoms with van der Waals surface area (Å²) in [4.78, 5) is 11.5. The summed E-state index contributed by atoms with van der Waals surface area (Å²) in [5.74, 6) is -0.00294. The number of carbonyl (C=O) groups is 1. The molecule has 1 rings (SSSR count). The fourth-order valence-corrected chi connectivity index (χ4v) is 1.52. The Balaban J connectivity index is 2.17. The molecular formula is C11H22N2O2. The number of amides is 1. The van der Waals surface area contributed by atoms with Gasteiger partial charge in [-0.3, -0.25) is 4.79 Å². The molecule has 15 heavy (non-hydrogen) atoms. The van der Waals surface area contributed by atoms with Crippen LogP contribution in [0.4, 0.5) is 0 Å². The van der Waals surface area contributed by atoms with Crippen LogP contribution in [0.25, 0.3) is 0 Å². The summed E-state index contributed by atoms with van der Waals surface area (Å²) in [6.45, 7) is 7.99. The topological polar surface area (TPSA) is 50.4 Å². The first-order chi connectivity index (χ1) is 6.97. The van der Waals surface area contributed by atoms with Gasteiger partial charge >= 0.3 is 0 Å². The highest BCUT2D eigenvalue weighted by Crippen LogP contribution is 2.06. The first kappa shape index (κ1) is 12.5. The van der Waals surface area contributed by atoms with Crippen LogP contribution in [0.3, 0.4) is 0 Å². The van der Waals surface area contributed by atoms with E-state index in [1.165, 1.54) is 0 Å². The smallest absolute Gasteiger partial charge is 0.246 e. The van der Waals surface area contributed by atoms with Crippen molar-refractivity contribution in [2.45, 2.75) is 45.3 Å². The Morgan fingerprint density at radius 2 is 2.00 bits per heavy atom. The largest absolute Gasteiger partial charge is 0.366 e. The van der Waals surface area contributed by atoms with Crippen molar-refractivity contribution in [1.29, 1.82) is 0 Å². The number of rotatable bonds is 3. The molecule has 4 nitrogen and oxygen atoms in total. The summed E-state index contributed by atoms with van der Waals surface area (Å²) in [7, 11) is 0. The van der Waals surface area contributed by atoms with Gasteiger partial charge in [-0.15, -0.1) is 0 Å². The van der Waals surface area contributed by atoms with Gasteiger partial charge in [0.2, 0.25) is 5.91 Å². The van der Waals surface area contributed by atoms with Crippen molar-refractivity contribution in [1.82, 2.24) is 10.6 Å². The van der Waals surface area contributed by atoms with E-state index >= 15 is 0 Å². The minimum absolute atomic E-state index is 0.00294. The molecule has 0 aromatic carbocycles. The standard InChI is InChI=1S/C11H22N2O2/c1-11(2,3)15-8-10(14)13-9-4-6-12-7-5-9/h9,12H,4-8H2,1-3H3,(H,13,14). The van der Waals surface area contributed by atoms with E-state index in [2.05, 4.69) is 10.6 Å². The summed E-state index contributed by atoms with van der Waals surface area (Å²) >= 11 is 0. The molecule has 1 saturated heterocycles. The van der Waals surface area contributed by atoms with Gasteiger partial charge < -0.3 is 15.4 Å². The Morgan fingerprint density at radius 1 is 1.40 bits per heavy atom. The summed E-state index contributed by atoms with van der Waals surface area (Å²) in [5.41, 5.74) is -0.245. The molecule has 0 unspecified atom stereocenters. The highest BCUT2D eigenvalue weighted by molar-refractivity contribution is 5.77. The molecule has 1 aliphatic heterocycles. The van der Waals surface area contributed by atoms with E-state index in [1.807, 2.05) is 20.8 Å². The lowest BCUT2D eigenvalue weighted by molar-refractivity contribution is -0.131. The Labute approximate surface area is 91.8 Å². The van der Waals surface area contributed by atoms with Gasteiger partial charge in [0.25, 0.3) is 0 Å². The zero-order valence-corrected chi connectivity index (χ0v) is 9.93. The molecule has 0 atom stereocenters. The first-order valence-corrected chi connectivity index (χ1v) is 5.61. The van der Waals surface area contributed by atoms with E-state index in [-0.39, 0.29) is 18.1 Å². The van der Waals surface area contributed by atoms with E-state index in [0.717, 1.165) is 25.9 Å². The van der Waals surface area contributed by atoms with E-state index in [4.69, 9.17) is 4.74 Å². The van der Waals surface area contributed by atoms with Crippen molar-refractivity contribution in [3.8, 4) is 0 Å². The zero-order chi connectivity index (χ0) is 11.3. The summed E-state index contributed by atoms with van der Waals surface area (Å²) in [6.07, 6.45) is 2.03. The molecule has 0 aromatic heterocycles. The molecule has 4 heteroatoms. The van der Waals surface area contributed by atoms with Crippen molar-refractivity contribution in [3.05, 3.63) is 0 Å². The van der Waals surface area contributed by atoms with Crippen molar-refractivity contribution in [3.63, 3.8) is 0 Å². The molecule has 1 amide bonds. The maximum Gasteiger partial charge on any atom is 0.246 e. The molecule has 1 heterocycles. The Hall–Kier alpha value is -0.610. The Morgan fingerprint density at radius 3 is 2.53 bits per heavy atom. The average molecular weight is 214 g/mol. The molecule has 0 spiro atoms. The van der Waals surface area contributed by atoms with E-state index in [0.29, 0.717) is 6.04 Å². The van der Waals surface area contributed by atoms with Gasteiger partial charge in [0.1, 0.15) is 6.61 Å². The third-order valence-corrected chi connectivity index (χ3v) is 2.34. The number of carbonyl (C=O) groups excluding carboxylic acids is 1. The van der Waals surface area contributed by atoms with Crippen LogP contribution in [0.1, 0.15) is 33.6 Å². The predicted molar refractivity (Wildman–Crippen MR) is 59.7 cm³/mol. The van der Waals surface area contributed by atoms with Gasteiger partial charge in [-0.05, 0) is 46.7 Å². The fourth-order valence-electron chi connectivity index (χ4n) is 1.52. The number of hydrogen-bond acceptors (Lipinski definition) is 3. The number of piperidine rings is 1. The highest BCUT2D eigenvalue weighted by atomic mass is 16.5. The van der Waals surface area contributed by atoms with E-state index < -0.39 is 0 Å². The fraction of sp³-hybridized carbons (Fsp3) is 0.909. The second-order valence-corrected chi connectivity index (χ2v) is 4.99. The Kier molecular flexibility index (Phi) is 4.54. The average Bonchev–Trinajstić information content (AvgIpc) is 2.15. The quantitative estimate of drug-likeness (QED) is 0.726. The summed E-state index contributed by atoms with van der Waals surface area (Å²) in [6, 6.07) is 0.322. The van der Waals surface area contributed by atoms with Crippen molar-refractivity contribution < 1.29 is 9.53 Å². The maximum absolute atomic E-state index is 11.5. The van der Waals surface area contributed by atoms with E-state index in [1.54, 1.807) is 0 Å². The molecule has 0 saturated carbocycles. The molecule has 2 N–H and O–H groups in total. The second kappa shape index (κ2) is 5.47. The number of hydrogen-bond donors (Lipinski definition) is 2. The minimum atomic E-state index is -0.245. The van der Waals surface area contributed by atoms with Gasteiger partial charge in [-0.2, -0.15) is 0 Å². The molecule has 1 aliphatic rings. The third kappa shape index (κ3) is 5.74. The third-order valence-electron chi connectivity index (χ3n) is 2.34. The van der Waals surface area contributed by atoms with Crippen LogP contribution in [-0.2, 0) is 9.53 Å². The minimum Gasteiger partial charge on any atom is -0.366 e. The van der Waals surface area contributed by atoms with Crippen LogP contribution >= 0.6 is 0 Å². The van der Waals surface area contributed by atoms with Gasteiger partial charge in [0, 0.05) is 6.04 Å². The van der Waals surface area contributed by atoms with Crippen molar-refractivity contribution in [2.75, 3.05) is 19.7 Å². The van der Waals surface area contributed by atoms with Gasteiger partial charge in [0.05, 0.1) is 5.60 Å². The molecule has 88 valence electrons. The lowest BCUT2D eigenvalue weighted by Gasteiger charge is -2.25. The van der Waals surface area contributed by atoms with Gasteiger partial charge in [-0.25, -0.2) is 0 Å². The van der Waals surface area contributed by atoms with Crippen molar-refractivity contribution in [2.24, 2.45) is 0 Å².